The molecule has 0 radical (unpaired) electrons. The van der Waals surface area contributed by atoms with Crippen molar-refractivity contribution in [3.8, 4) is 0 Å². The minimum absolute atomic E-state index is 0.464. The Hall–Kier alpha value is -1.75. The molecule has 0 aliphatic carbocycles. The molecule has 0 spiro atoms. The van der Waals surface area contributed by atoms with E-state index in [1.807, 2.05) is 0 Å². The van der Waals surface area contributed by atoms with Crippen LogP contribution in [0, 0.1) is 11.6 Å². The molecule has 2 aromatic carbocycles. The largest absolute Gasteiger partial charge is 0.322 e. The Morgan fingerprint density at radius 3 is 2.11 bits per heavy atom. The van der Waals surface area contributed by atoms with E-state index < -0.39 is 23.1 Å². The summed E-state index contributed by atoms with van der Waals surface area (Å²) in [4.78, 5) is 11.7. The van der Waals surface area contributed by atoms with Crippen LogP contribution in [-0.4, -0.2) is 5.91 Å². The predicted octanol–water partition coefficient (Wildman–Crippen LogP) is 3.98. The number of carbonyl (C=O) groups is 1. The average molecular weight is 312 g/mol. The van der Waals surface area contributed by atoms with Gasteiger partial charge in [0.15, 0.2) is 0 Å². The van der Waals surface area contributed by atoms with Crippen molar-refractivity contribution in [1.29, 1.82) is 0 Å². The van der Waals surface area contributed by atoms with Crippen LogP contribution in [0.1, 0.15) is 10.4 Å². The van der Waals surface area contributed by atoms with Crippen molar-refractivity contribution in [1.82, 2.24) is 0 Å². The zero-order valence-electron chi connectivity index (χ0n) is 9.08. The van der Waals surface area contributed by atoms with Crippen molar-refractivity contribution in [3.05, 3.63) is 64.1 Å². The molecule has 0 saturated heterocycles. The van der Waals surface area contributed by atoms with E-state index in [4.69, 9.17) is 0 Å². The topological polar surface area (TPSA) is 29.1 Å². The summed E-state index contributed by atoms with van der Waals surface area (Å²) in [5, 5.41) is 2.43. The zero-order valence-corrected chi connectivity index (χ0v) is 10.7. The molecule has 0 bridgehead atoms. The number of rotatable bonds is 2. The number of amides is 1. The second-order valence-corrected chi connectivity index (χ2v) is 4.47. The number of benzene rings is 2. The van der Waals surface area contributed by atoms with Gasteiger partial charge in [-0.1, -0.05) is 22.0 Å². The van der Waals surface area contributed by atoms with E-state index in [0.717, 1.165) is 16.6 Å². The van der Waals surface area contributed by atoms with E-state index in [2.05, 4.69) is 21.2 Å². The summed E-state index contributed by atoms with van der Waals surface area (Å²) >= 11 is 3.25. The normalized spacial score (nSPS) is 10.2. The predicted molar refractivity (Wildman–Crippen MR) is 68.5 cm³/mol. The van der Waals surface area contributed by atoms with E-state index in [9.17, 15) is 13.6 Å². The van der Waals surface area contributed by atoms with Gasteiger partial charge in [0.05, 0.1) is 0 Å². The fourth-order valence-electron chi connectivity index (χ4n) is 1.44. The summed E-state index contributed by atoms with van der Waals surface area (Å²) < 4.78 is 27.6. The van der Waals surface area contributed by atoms with E-state index in [1.165, 1.54) is 6.07 Å². The third kappa shape index (κ3) is 2.73. The lowest BCUT2D eigenvalue weighted by Gasteiger charge is -2.07. The number of anilines is 1. The van der Waals surface area contributed by atoms with Gasteiger partial charge < -0.3 is 5.32 Å². The Morgan fingerprint density at radius 2 is 1.56 bits per heavy atom. The first-order chi connectivity index (χ1) is 8.58. The second-order valence-electron chi connectivity index (χ2n) is 3.56. The first-order valence-corrected chi connectivity index (χ1v) is 5.88. The molecule has 0 atom stereocenters. The lowest BCUT2D eigenvalue weighted by atomic mass is 10.2. The van der Waals surface area contributed by atoms with Gasteiger partial charge in [0, 0.05) is 10.2 Å². The average Bonchev–Trinajstić information content (AvgIpc) is 2.32. The molecule has 0 aromatic heterocycles. The van der Waals surface area contributed by atoms with Gasteiger partial charge in [-0.15, -0.1) is 0 Å². The maximum atomic E-state index is 13.4. The highest BCUT2D eigenvalue weighted by Gasteiger charge is 2.16. The highest BCUT2D eigenvalue weighted by molar-refractivity contribution is 9.10. The number of hydrogen-bond acceptors (Lipinski definition) is 1. The Bertz CT molecular complexity index is 564. The molecule has 0 heterocycles. The first kappa shape index (κ1) is 12.7. The summed E-state index contributed by atoms with van der Waals surface area (Å²) in [5.41, 5.74) is -0.119. The van der Waals surface area contributed by atoms with E-state index in [1.54, 1.807) is 24.3 Å². The molecule has 5 heteroatoms. The Balaban J connectivity index is 2.25. The number of carbonyl (C=O) groups excluding carboxylic acids is 1. The molecule has 0 aliphatic rings. The van der Waals surface area contributed by atoms with E-state index in [0.29, 0.717) is 5.69 Å². The molecular weight excluding hydrogens is 304 g/mol. The molecule has 0 aliphatic heterocycles. The lowest BCUT2D eigenvalue weighted by molar-refractivity contribution is 0.101. The maximum Gasteiger partial charge on any atom is 0.261 e. The third-order valence-corrected chi connectivity index (χ3v) is 2.82. The van der Waals surface area contributed by atoms with Crippen molar-refractivity contribution in [2.75, 3.05) is 5.32 Å². The Morgan fingerprint density at radius 1 is 1.00 bits per heavy atom. The maximum absolute atomic E-state index is 13.4. The van der Waals surface area contributed by atoms with Gasteiger partial charge >= 0.3 is 0 Å². The SMILES string of the molecule is O=C(Nc1ccc(Br)cc1)c1c(F)cccc1F. The number of nitrogens with one attached hydrogen (secondary N) is 1. The van der Waals surface area contributed by atoms with Gasteiger partial charge in [-0.25, -0.2) is 8.78 Å². The molecule has 2 nitrogen and oxygen atoms in total. The number of hydrogen-bond donors (Lipinski definition) is 1. The standard InChI is InChI=1S/C13H8BrF2NO/c14-8-4-6-9(7-5-8)17-13(18)12-10(15)2-1-3-11(12)16/h1-7H,(H,17,18). The zero-order chi connectivity index (χ0) is 13.1. The monoisotopic (exact) mass is 311 g/mol. The van der Waals surface area contributed by atoms with E-state index in [-0.39, 0.29) is 0 Å². The van der Waals surface area contributed by atoms with Gasteiger partial charge in [-0.3, -0.25) is 4.79 Å². The molecule has 0 saturated carbocycles. The highest BCUT2D eigenvalue weighted by Crippen LogP contribution is 2.17. The summed E-state index contributed by atoms with van der Waals surface area (Å²) in [6.45, 7) is 0. The van der Waals surface area contributed by atoms with Crippen LogP contribution < -0.4 is 5.32 Å². The molecule has 2 rings (SSSR count). The Labute approximate surface area is 111 Å². The van der Waals surface area contributed by atoms with Crippen molar-refractivity contribution < 1.29 is 13.6 Å². The fraction of sp³-hybridized carbons (Fsp3) is 0. The molecule has 0 unspecified atom stereocenters. The van der Waals surface area contributed by atoms with Crippen LogP contribution in [-0.2, 0) is 0 Å². The quantitative estimate of drug-likeness (QED) is 0.893. The van der Waals surface area contributed by atoms with Gasteiger partial charge in [-0.2, -0.15) is 0 Å². The molecular formula is C13H8BrF2NO. The highest BCUT2D eigenvalue weighted by atomic mass is 79.9. The van der Waals surface area contributed by atoms with Crippen LogP contribution in [0.5, 0.6) is 0 Å². The van der Waals surface area contributed by atoms with Gasteiger partial charge in [-0.05, 0) is 36.4 Å². The van der Waals surface area contributed by atoms with Gasteiger partial charge in [0.2, 0.25) is 0 Å². The summed E-state index contributed by atoms with van der Waals surface area (Å²) in [7, 11) is 0. The van der Waals surface area contributed by atoms with Crippen LogP contribution in [0.15, 0.2) is 46.9 Å². The Kier molecular flexibility index (Phi) is 3.72. The van der Waals surface area contributed by atoms with Crippen molar-refractivity contribution in [3.63, 3.8) is 0 Å². The molecule has 1 amide bonds. The summed E-state index contributed by atoms with van der Waals surface area (Å²) in [6, 6.07) is 9.97. The van der Waals surface area contributed by atoms with Crippen LogP contribution in [0.4, 0.5) is 14.5 Å². The van der Waals surface area contributed by atoms with E-state index >= 15 is 0 Å². The van der Waals surface area contributed by atoms with Crippen LogP contribution >= 0.6 is 15.9 Å². The summed E-state index contributed by atoms with van der Waals surface area (Å²) in [6.07, 6.45) is 0. The lowest BCUT2D eigenvalue weighted by Crippen LogP contribution is -2.15. The number of halogens is 3. The fourth-order valence-corrected chi connectivity index (χ4v) is 1.71. The minimum atomic E-state index is -0.885. The van der Waals surface area contributed by atoms with Crippen LogP contribution in [0.2, 0.25) is 0 Å². The molecule has 2 aromatic rings. The van der Waals surface area contributed by atoms with Gasteiger partial charge in [0.25, 0.3) is 5.91 Å². The van der Waals surface area contributed by atoms with Crippen molar-refractivity contribution in [2.45, 2.75) is 0 Å². The third-order valence-electron chi connectivity index (χ3n) is 2.29. The minimum Gasteiger partial charge on any atom is -0.322 e. The summed E-state index contributed by atoms with van der Waals surface area (Å²) in [5.74, 6) is -2.58. The van der Waals surface area contributed by atoms with Crippen molar-refractivity contribution >= 4 is 27.5 Å². The van der Waals surface area contributed by atoms with Crippen LogP contribution in [0.25, 0.3) is 0 Å². The molecule has 18 heavy (non-hydrogen) atoms. The molecule has 0 fully saturated rings. The molecule has 92 valence electrons. The van der Waals surface area contributed by atoms with Gasteiger partial charge in [0.1, 0.15) is 17.2 Å². The smallest absolute Gasteiger partial charge is 0.261 e. The molecule has 1 N–H and O–H groups in total. The van der Waals surface area contributed by atoms with Crippen molar-refractivity contribution in [2.24, 2.45) is 0 Å². The van der Waals surface area contributed by atoms with Crippen LogP contribution in [0.3, 0.4) is 0 Å². The second kappa shape index (κ2) is 5.27. The first-order valence-electron chi connectivity index (χ1n) is 5.09.